The minimum Gasteiger partial charge on any atom is -0.338 e. The number of hydrogen-bond donors (Lipinski definition) is 1. The molecule has 3 aromatic rings. The number of carbonyl (C=O) groups is 1. The number of likely N-dealkylation sites (tertiary alicyclic amines) is 1. The third-order valence-corrected chi connectivity index (χ3v) is 5.68. The van der Waals surface area contributed by atoms with Crippen molar-refractivity contribution in [3.8, 4) is 5.69 Å². The van der Waals surface area contributed by atoms with Gasteiger partial charge in [-0.3, -0.25) is 9.36 Å². The van der Waals surface area contributed by atoms with Gasteiger partial charge >= 0.3 is 0 Å². The van der Waals surface area contributed by atoms with Crippen LogP contribution in [0.5, 0.6) is 0 Å². The third kappa shape index (κ3) is 3.12. The van der Waals surface area contributed by atoms with Gasteiger partial charge in [0.25, 0.3) is 5.91 Å². The molecule has 1 saturated heterocycles. The van der Waals surface area contributed by atoms with E-state index in [0.29, 0.717) is 18.7 Å². The summed E-state index contributed by atoms with van der Waals surface area (Å²) in [6.45, 7) is 7.64. The first-order valence-electron chi connectivity index (χ1n) is 9.46. The van der Waals surface area contributed by atoms with E-state index < -0.39 is 0 Å². The predicted octanol–water partition coefficient (Wildman–Crippen LogP) is 3.53. The van der Waals surface area contributed by atoms with E-state index in [1.165, 1.54) is 0 Å². The maximum Gasteiger partial charge on any atom is 0.253 e. The van der Waals surface area contributed by atoms with E-state index in [2.05, 4.69) is 30.5 Å². The van der Waals surface area contributed by atoms with E-state index in [1.807, 2.05) is 48.2 Å². The molecule has 27 heavy (non-hydrogen) atoms. The van der Waals surface area contributed by atoms with Gasteiger partial charge in [0.15, 0.2) is 0 Å². The van der Waals surface area contributed by atoms with Gasteiger partial charge in [-0.25, -0.2) is 4.98 Å². The summed E-state index contributed by atoms with van der Waals surface area (Å²) in [6, 6.07) is 16.1. The van der Waals surface area contributed by atoms with Crippen LogP contribution in [-0.2, 0) is 0 Å². The topological polar surface area (TPSA) is 64.2 Å². The van der Waals surface area contributed by atoms with E-state index >= 15 is 0 Å². The van der Waals surface area contributed by atoms with Gasteiger partial charge < -0.3 is 10.6 Å². The van der Waals surface area contributed by atoms with Crippen molar-refractivity contribution in [1.29, 1.82) is 0 Å². The summed E-state index contributed by atoms with van der Waals surface area (Å²) in [7, 11) is 0. The average Bonchev–Trinajstić information content (AvgIpc) is 2.98. The highest BCUT2D eigenvalue weighted by molar-refractivity contribution is 5.97. The number of para-hydroxylation sites is 1. The van der Waals surface area contributed by atoms with Gasteiger partial charge in [-0.15, -0.1) is 0 Å². The van der Waals surface area contributed by atoms with Crippen molar-refractivity contribution in [2.24, 2.45) is 11.1 Å². The van der Waals surface area contributed by atoms with Crippen LogP contribution in [0.2, 0.25) is 0 Å². The molecule has 1 unspecified atom stereocenters. The Hall–Kier alpha value is -2.66. The molecule has 1 fully saturated rings. The lowest BCUT2D eigenvalue weighted by Crippen LogP contribution is -2.53. The fraction of sp³-hybridized carbons (Fsp3) is 0.364. The highest BCUT2D eigenvalue weighted by Gasteiger charge is 2.35. The Labute approximate surface area is 159 Å². The molecular formula is C22H26N4O. The van der Waals surface area contributed by atoms with Crippen LogP contribution < -0.4 is 5.73 Å². The standard InChI is InChI=1S/C22H26N4O/c1-15-24-18-13-16(21(27)25-12-11-20(23)22(2,3)14-25)9-10-19(18)26(15)17-7-5-4-6-8-17/h4-10,13,20H,11-12,14,23H2,1-3H3. The maximum atomic E-state index is 13.1. The summed E-state index contributed by atoms with van der Waals surface area (Å²) >= 11 is 0. The quantitative estimate of drug-likeness (QED) is 0.758. The Bertz CT molecular complexity index is 990. The summed E-state index contributed by atoms with van der Waals surface area (Å²) in [5.74, 6) is 0.967. The van der Waals surface area contributed by atoms with Crippen LogP contribution in [0.1, 0.15) is 36.5 Å². The lowest BCUT2D eigenvalue weighted by Gasteiger charge is -2.42. The number of benzene rings is 2. The zero-order valence-electron chi connectivity index (χ0n) is 16.1. The number of piperidine rings is 1. The molecule has 5 nitrogen and oxygen atoms in total. The number of amides is 1. The largest absolute Gasteiger partial charge is 0.338 e. The van der Waals surface area contributed by atoms with Crippen LogP contribution in [0.4, 0.5) is 0 Å². The lowest BCUT2D eigenvalue weighted by atomic mass is 9.79. The van der Waals surface area contributed by atoms with Gasteiger partial charge in [0.2, 0.25) is 0 Å². The Morgan fingerprint density at radius 3 is 2.63 bits per heavy atom. The number of hydrogen-bond acceptors (Lipinski definition) is 3. The first kappa shape index (κ1) is 17.7. The molecule has 2 N–H and O–H groups in total. The summed E-state index contributed by atoms with van der Waals surface area (Å²) in [5, 5.41) is 0. The molecule has 0 bridgehead atoms. The summed E-state index contributed by atoms with van der Waals surface area (Å²) < 4.78 is 2.12. The summed E-state index contributed by atoms with van der Waals surface area (Å²) in [4.78, 5) is 19.7. The normalized spacial score (nSPS) is 19.4. The van der Waals surface area contributed by atoms with Crippen LogP contribution >= 0.6 is 0 Å². The molecule has 140 valence electrons. The number of rotatable bonds is 2. The van der Waals surface area contributed by atoms with Crippen molar-refractivity contribution in [1.82, 2.24) is 14.5 Å². The molecule has 0 radical (unpaired) electrons. The Kier molecular flexibility index (Phi) is 4.27. The number of aromatic nitrogens is 2. The highest BCUT2D eigenvalue weighted by Crippen LogP contribution is 2.29. The molecular weight excluding hydrogens is 336 g/mol. The number of carbonyl (C=O) groups excluding carboxylic acids is 1. The molecule has 0 aliphatic carbocycles. The molecule has 1 aliphatic heterocycles. The second-order valence-electron chi connectivity index (χ2n) is 8.14. The minimum atomic E-state index is -0.0660. The fourth-order valence-electron chi connectivity index (χ4n) is 3.97. The third-order valence-electron chi connectivity index (χ3n) is 5.68. The average molecular weight is 362 g/mol. The molecule has 4 rings (SSSR count). The molecule has 1 amide bonds. The van der Waals surface area contributed by atoms with Crippen molar-refractivity contribution in [2.45, 2.75) is 33.2 Å². The molecule has 0 spiro atoms. The van der Waals surface area contributed by atoms with E-state index in [-0.39, 0.29) is 17.4 Å². The lowest BCUT2D eigenvalue weighted by molar-refractivity contribution is 0.0533. The molecule has 1 aromatic heterocycles. The Morgan fingerprint density at radius 2 is 1.93 bits per heavy atom. The van der Waals surface area contributed by atoms with Crippen molar-refractivity contribution in [2.75, 3.05) is 13.1 Å². The number of fused-ring (bicyclic) bond motifs is 1. The maximum absolute atomic E-state index is 13.1. The van der Waals surface area contributed by atoms with Crippen LogP contribution in [0.3, 0.4) is 0 Å². The monoisotopic (exact) mass is 362 g/mol. The van der Waals surface area contributed by atoms with Gasteiger partial charge in [0.05, 0.1) is 11.0 Å². The highest BCUT2D eigenvalue weighted by atomic mass is 16.2. The van der Waals surface area contributed by atoms with Crippen molar-refractivity contribution < 1.29 is 4.79 Å². The Morgan fingerprint density at radius 1 is 1.19 bits per heavy atom. The van der Waals surface area contributed by atoms with E-state index in [0.717, 1.165) is 29.0 Å². The summed E-state index contributed by atoms with van der Waals surface area (Å²) in [6.07, 6.45) is 0.836. The van der Waals surface area contributed by atoms with Gasteiger partial charge in [0, 0.05) is 30.4 Å². The van der Waals surface area contributed by atoms with Gasteiger partial charge in [-0.2, -0.15) is 0 Å². The zero-order valence-corrected chi connectivity index (χ0v) is 16.1. The first-order valence-corrected chi connectivity index (χ1v) is 9.46. The van der Waals surface area contributed by atoms with Gasteiger partial charge in [-0.1, -0.05) is 32.0 Å². The fourth-order valence-corrected chi connectivity index (χ4v) is 3.97. The van der Waals surface area contributed by atoms with Crippen LogP contribution in [-0.4, -0.2) is 39.5 Å². The van der Waals surface area contributed by atoms with Crippen LogP contribution in [0, 0.1) is 12.3 Å². The molecule has 1 aliphatic rings. The van der Waals surface area contributed by atoms with Crippen molar-refractivity contribution >= 4 is 16.9 Å². The van der Waals surface area contributed by atoms with Gasteiger partial charge in [-0.05, 0) is 49.1 Å². The predicted molar refractivity (Wildman–Crippen MR) is 108 cm³/mol. The second-order valence-corrected chi connectivity index (χ2v) is 8.14. The first-order chi connectivity index (χ1) is 12.9. The molecule has 5 heteroatoms. The summed E-state index contributed by atoms with van der Waals surface area (Å²) in [5.41, 5.74) is 9.76. The number of imidazole rings is 1. The van der Waals surface area contributed by atoms with E-state index in [4.69, 9.17) is 10.7 Å². The van der Waals surface area contributed by atoms with Crippen molar-refractivity contribution in [3.63, 3.8) is 0 Å². The van der Waals surface area contributed by atoms with Crippen LogP contribution in [0.15, 0.2) is 48.5 Å². The van der Waals surface area contributed by atoms with E-state index in [9.17, 15) is 4.79 Å². The number of nitrogens with zero attached hydrogens (tertiary/aromatic N) is 3. The van der Waals surface area contributed by atoms with Crippen molar-refractivity contribution in [3.05, 3.63) is 59.9 Å². The zero-order chi connectivity index (χ0) is 19.2. The van der Waals surface area contributed by atoms with E-state index in [1.54, 1.807) is 0 Å². The molecule has 2 aromatic carbocycles. The SMILES string of the molecule is Cc1nc2cc(C(=O)N3CCC(N)C(C)(C)C3)ccc2n1-c1ccccc1. The van der Waals surface area contributed by atoms with Crippen LogP contribution in [0.25, 0.3) is 16.7 Å². The second kappa shape index (κ2) is 6.50. The minimum absolute atomic E-state index is 0.0591. The molecule has 2 heterocycles. The number of aryl methyl sites for hydroxylation is 1. The number of nitrogens with two attached hydrogens (primary N) is 1. The molecule has 0 saturated carbocycles. The molecule has 1 atom stereocenters. The Balaban J connectivity index is 1.68. The van der Waals surface area contributed by atoms with Gasteiger partial charge in [0.1, 0.15) is 5.82 Å². The smallest absolute Gasteiger partial charge is 0.253 e.